The number of carbonyl (C=O) groups excluding carboxylic acids is 2. The summed E-state index contributed by atoms with van der Waals surface area (Å²) in [5, 5.41) is 3.40. The number of benzene rings is 1. The molecule has 30 heavy (non-hydrogen) atoms. The summed E-state index contributed by atoms with van der Waals surface area (Å²) in [4.78, 5) is 35.3. The van der Waals surface area contributed by atoms with Gasteiger partial charge in [0.25, 0.3) is 0 Å². The van der Waals surface area contributed by atoms with Gasteiger partial charge in [0.1, 0.15) is 11.7 Å². The van der Waals surface area contributed by atoms with Crippen LogP contribution >= 0.6 is 0 Å². The quantitative estimate of drug-likeness (QED) is 0.666. The third kappa shape index (κ3) is 3.70. The van der Waals surface area contributed by atoms with E-state index in [1.807, 2.05) is 6.07 Å². The lowest BCUT2D eigenvalue weighted by molar-refractivity contribution is -0.137. The molecule has 2 atom stereocenters. The normalized spacial score (nSPS) is 19.3. The molecule has 2 amide bonds. The van der Waals surface area contributed by atoms with Crippen LogP contribution in [-0.2, 0) is 15.8 Å². The van der Waals surface area contributed by atoms with Crippen molar-refractivity contribution >= 4 is 28.7 Å². The number of alkyl halides is 3. The number of nitrogens with zero attached hydrogens (tertiary/aromatic N) is 3. The van der Waals surface area contributed by atoms with Crippen molar-refractivity contribution in [3.8, 4) is 0 Å². The van der Waals surface area contributed by atoms with Crippen LogP contribution in [-0.4, -0.2) is 40.3 Å². The first-order chi connectivity index (χ1) is 14.2. The molecule has 0 spiro atoms. The number of nitrogens with one attached hydrogen (secondary N) is 1. The lowest BCUT2D eigenvalue weighted by Gasteiger charge is -2.18. The molecular formula is C21H17F3N4O2. The summed E-state index contributed by atoms with van der Waals surface area (Å²) < 4.78 is 39.3. The molecule has 1 aliphatic rings. The van der Waals surface area contributed by atoms with Crippen LogP contribution in [0.2, 0.25) is 0 Å². The monoisotopic (exact) mass is 414 g/mol. The highest BCUT2D eigenvalue weighted by atomic mass is 19.4. The number of hydrogen-bond donors (Lipinski definition) is 1. The van der Waals surface area contributed by atoms with Crippen LogP contribution in [0.1, 0.15) is 17.0 Å². The highest BCUT2D eigenvalue weighted by molar-refractivity contribution is 6.08. The van der Waals surface area contributed by atoms with Gasteiger partial charge in [0.2, 0.25) is 11.8 Å². The van der Waals surface area contributed by atoms with E-state index in [1.54, 1.807) is 24.4 Å². The summed E-state index contributed by atoms with van der Waals surface area (Å²) in [7, 11) is 1.52. The van der Waals surface area contributed by atoms with Crippen LogP contribution in [0.25, 0.3) is 11.0 Å². The van der Waals surface area contributed by atoms with E-state index in [9.17, 15) is 22.8 Å². The van der Waals surface area contributed by atoms with Gasteiger partial charge in [0, 0.05) is 31.1 Å². The maximum atomic E-state index is 13.1. The van der Waals surface area contributed by atoms with Gasteiger partial charge in [-0.15, -0.1) is 0 Å². The van der Waals surface area contributed by atoms with Gasteiger partial charge in [-0.2, -0.15) is 13.2 Å². The summed E-state index contributed by atoms with van der Waals surface area (Å²) in [5.41, 5.74) is -0.0983. The summed E-state index contributed by atoms with van der Waals surface area (Å²) in [5.74, 6) is -2.71. The number of halogens is 3. The molecule has 4 rings (SSSR count). The molecule has 0 radical (unpaired) electrons. The van der Waals surface area contributed by atoms with Crippen molar-refractivity contribution in [2.75, 3.05) is 18.9 Å². The average molecular weight is 414 g/mol. The molecule has 0 bridgehead atoms. The summed E-state index contributed by atoms with van der Waals surface area (Å²) in [6.07, 6.45) is -2.94. The van der Waals surface area contributed by atoms with Gasteiger partial charge >= 0.3 is 6.18 Å². The second-order valence-corrected chi connectivity index (χ2v) is 7.16. The lowest BCUT2D eigenvalue weighted by atomic mass is 9.87. The Morgan fingerprint density at radius 2 is 1.97 bits per heavy atom. The first-order valence-electron chi connectivity index (χ1n) is 9.19. The van der Waals surface area contributed by atoms with Gasteiger partial charge in [-0.05, 0) is 35.9 Å². The largest absolute Gasteiger partial charge is 0.416 e. The molecule has 1 aromatic carbocycles. The Kier molecular flexibility index (Phi) is 4.89. The Morgan fingerprint density at radius 1 is 1.17 bits per heavy atom. The average Bonchev–Trinajstić information content (AvgIpc) is 3.02. The number of hydrogen-bond acceptors (Lipinski definition) is 4. The van der Waals surface area contributed by atoms with Gasteiger partial charge in [-0.25, -0.2) is 9.97 Å². The third-order valence-electron chi connectivity index (χ3n) is 5.16. The van der Waals surface area contributed by atoms with Crippen molar-refractivity contribution in [1.82, 2.24) is 14.9 Å². The molecule has 0 unspecified atom stereocenters. The van der Waals surface area contributed by atoms with E-state index < -0.39 is 35.4 Å². The summed E-state index contributed by atoms with van der Waals surface area (Å²) >= 11 is 0. The van der Waals surface area contributed by atoms with Gasteiger partial charge in [0.05, 0.1) is 5.56 Å². The molecule has 1 fully saturated rings. The molecule has 0 saturated carbocycles. The molecule has 1 aliphatic heterocycles. The van der Waals surface area contributed by atoms with E-state index in [-0.39, 0.29) is 17.9 Å². The van der Waals surface area contributed by atoms with Crippen LogP contribution < -0.4 is 5.32 Å². The fraction of sp³-hybridized carbons (Fsp3) is 0.238. The van der Waals surface area contributed by atoms with E-state index in [0.29, 0.717) is 5.65 Å². The Morgan fingerprint density at radius 3 is 2.73 bits per heavy atom. The topological polar surface area (TPSA) is 75.2 Å². The highest BCUT2D eigenvalue weighted by Gasteiger charge is 2.45. The lowest BCUT2D eigenvalue weighted by Crippen LogP contribution is -2.33. The van der Waals surface area contributed by atoms with Crippen LogP contribution in [0.15, 0.2) is 54.7 Å². The number of pyridine rings is 2. The third-order valence-corrected chi connectivity index (χ3v) is 5.16. The van der Waals surface area contributed by atoms with Crippen LogP contribution in [0.4, 0.5) is 19.0 Å². The zero-order chi connectivity index (χ0) is 21.5. The molecule has 3 heterocycles. The SMILES string of the molecule is CN1C[C@H](c2cccc(C(F)(F)F)c2)[C@@H](C(=O)Nc2ccc3cccnc3n2)C1=O. The van der Waals surface area contributed by atoms with Crippen molar-refractivity contribution in [3.05, 3.63) is 65.9 Å². The zero-order valence-corrected chi connectivity index (χ0v) is 15.8. The molecule has 154 valence electrons. The molecule has 0 aliphatic carbocycles. The minimum atomic E-state index is -4.51. The number of aromatic nitrogens is 2. The second-order valence-electron chi connectivity index (χ2n) is 7.16. The Balaban J connectivity index is 1.63. The number of rotatable bonds is 3. The van der Waals surface area contributed by atoms with Crippen LogP contribution in [0.3, 0.4) is 0 Å². The van der Waals surface area contributed by atoms with Crippen molar-refractivity contribution < 1.29 is 22.8 Å². The van der Waals surface area contributed by atoms with E-state index in [2.05, 4.69) is 15.3 Å². The molecule has 2 aromatic heterocycles. The molecule has 6 nitrogen and oxygen atoms in total. The summed E-state index contributed by atoms with van der Waals surface area (Å²) in [6, 6.07) is 11.6. The number of likely N-dealkylation sites (N-methyl/N-ethyl adjacent to an activating group) is 1. The molecular weight excluding hydrogens is 397 g/mol. The van der Waals surface area contributed by atoms with Gasteiger partial charge in [0.15, 0.2) is 5.65 Å². The molecule has 1 saturated heterocycles. The van der Waals surface area contributed by atoms with Gasteiger partial charge < -0.3 is 10.2 Å². The van der Waals surface area contributed by atoms with E-state index >= 15 is 0 Å². The predicted octanol–water partition coefficient (Wildman–Crippen LogP) is 3.46. The van der Waals surface area contributed by atoms with E-state index in [4.69, 9.17) is 0 Å². The number of fused-ring (bicyclic) bond motifs is 1. The zero-order valence-electron chi connectivity index (χ0n) is 15.8. The smallest absolute Gasteiger partial charge is 0.344 e. The molecule has 1 N–H and O–H groups in total. The van der Waals surface area contributed by atoms with Crippen molar-refractivity contribution in [3.63, 3.8) is 0 Å². The fourth-order valence-corrected chi connectivity index (χ4v) is 3.66. The molecule has 3 aromatic rings. The first-order valence-corrected chi connectivity index (χ1v) is 9.19. The van der Waals surface area contributed by atoms with E-state index in [0.717, 1.165) is 17.5 Å². The number of likely N-dealkylation sites (tertiary alicyclic amines) is 1. The standard InChI is InChI=1S/C21H17F3N4O2/c1-28-11-15(13-4-2-6-14(10-13)21(22,23)24)17(20(28)30)19(29)27-16-8-7-12-5-3-9-25-18(12)26-16/h2-10,15,17H,11H2,1H3,(H,25,26,27,29)/t15-,17+/m1/s1. The maximum absolute atomic E-state index is 13.1. The number of carbonyl (C=O) groups is 2. The fourth-order valence-electron chi connectivity index (χ4n) is 3.66. The Hall–Kier alpha value is -3.49. The minimum absolute atomic E-state index is 0.144. The second kappa shape index (κ2) is 7.40. The summed E-state index contributed by atoms with van der Waals surface area (Å²) in [6.45, 7) is 0.144. The van der Waals surface area contributed by atoms with E-state index in [1.165, 1.54) is 24.1 Å². The maximum Gasteiger partial charge on any atom is 0.416 e. The van der Waals surface area contributed by atoms with Crippen LogP contribution in [0.5, 0.6) is 0 Å². The van der Waals surface area contributed by atoms with Crippen molar-refractivity contribution in [2.24, 2.45) is 5.92 Å². The Labute approximate surface area is 169 Å². The molecule has 9 heteroatoms. The number of anilines is 1. The highest BCUT2D eigenvalue weighted by Crippen LogP contribution is 2.37. The van der Waals surface area contributed by atoms with Crippen molar-refractivity contribution in [1.29, 1.82) is 0 Å². The van der Waals surface area contributed by atoms with Gasteiger partial charge in [-0.3, -0.25) is 9.59 Å². The predicted molar refractivity (Wildman–Crippen MR) is 103 cm³/mol. The number of amides is 2. The van der Waals surface area contributed by atoms with Crippen LogP contribution in [0, 0.1) is 5.92 Å². The Bertz CT molecular complexity index is 1130. The van der Waals surface area contributed by atoms with Crippen molar-refractivity contribution in [2.45, 2.75) is 12.1 Å². The minimum Gasteiger partial charge on any atom is -0.344 e. The first kappa shape index (κ1) is 19.8. The van der Waals surface area contributed by atoms with Gasteiger partial charge in [-0.1, -0.05) is 18.2 Å².